The molecule has 0 aliphatic rings. The fourth-order valence-corrected chi connectivity index (χ4v) is 1.66. The van der Waals surface area contributed by atoms with Crippen molar-refractivity contribution in [1.29, 1.82) is 0 Å². The van der Waals surface area contributed by atoms with Crippen LogP contribution in [0, 0.1) is 0 Å². The molecule has 0 fully saturated rings. The molecule has 1 aromatic rings. The van der Waals surface area contributed by atoms with E-state index in [1.165, 1.54) is 24.4 Å². The van der Waals surface area contributed by atoms with E-state index >= 15 is 0 Å². The molecule has 0 saturated heterocycles. The minimum Gasteiger partial charge on any atom is -0.469 e. The summed E-state index contributed by atoms with van der Waals surface area (Å²) < 4.78 is 11.0. The average molecular weight is 284 g/mol. The quantitative estimate of drug-likeness (QED) is 0.618. The van der Waals surface area contributed by atoms with E-state index < -0.39 is 6.04 Å². The van der Waals surface area contributed by atoms with Gasteiger partial charge in [-0.15, -0.1) is 0 Å². The number of nitrogens with zero attached hydrogens (tertiary/aromatic N) is 4. The van der Waals surface area contributed by atoms with Crippen molar-refractivity contribution in [3.8, 4) is 0 Å². The predicted molar refractivity (Wildman–Crippen MR) is 69.8 cm³/mol. The molecule has 1 aromatic heterocycles. The van der Waals surface area contributed by atoms with Crippen molar-refractivity contribution < 1.29 is 19.1 Å². The maximum atomic E-state index is 12.4. The first-order chi connectivity index (χ1) is 9.60. The maximum Gasteiger partial charge on any atom is 0.307 e. The van der Waals surface area contributed by atoms with E-state index in [0.717, 1.165) is 0 Å². The first-order valence-electron chi connectivity index (χ1n) is 6.28. The van der Waals surface area contributed by atoms with E-state index in [4.69, 9.17) is 4.74 Å². The molecule has 1 unspecified atom stereocenters. The largest absolute Gasteiger partial charge is 0.469 e. The number of aromatic nitrogens is 3. The Labute approximate surface area is 117 Å². The topological polar surface area (TPSA) is 86.5 Å². The van der Waals surface area contributed by atoms with Crippen LogP contribution in [0.1, 0.15) is 19.4 Å². The zero-order chi connectivity index (χ0) is 15.0. The van der Waals surface area contributed by atoms with Crippen LogP contribution in [0.5, 0.6) is 0 Å². The summed E-state index contributed by atoms with van der Waals surface area (Å²) in [5.41, 5.74) is 0. The molecule has 0 bridgehead atoms. The average Bonchev–Trinajstić information content (AvgIpc) is 2.99. The molecule has 1 amide bonds. The highest BCUT2D eigenvalue weighted by Gasteiger charge is 2.22. The predicted octanol–water partition coefficient (Wildman–Crippen LogP) is -0.123. The Kier molecular flexibility index (Phi) is 6.65. The Morgan fingerprint density at radius 3 is 2.65 bits per heavy atom. The van der Waals surface area contributed by atoms with Crippen molar-refractivity contribution in [3.63, 3.8) is 0 Å². The molecule has 0 aliphatic heterocycles. The highest BCUT2D eigenvalue weighted by molar-refractivity contribution is 5.80. The number of hydrogen-bond acceptors (Lipinski definition) is 6. The number of esters is 1. The molecule has 112 valence electrons. The summed E-state index contributed by atoms with van der Waals surface area (Å²) in [5.74, 6) is -0.495. The van der Waals surface area contributed by atoms with Gasteiger partial charge in [0.2, 0.25) is 5.91 Å². The van der Waals surface area contributed by atoms with Gasteiger partial charge in [0.05, 0.1) is 20.1 Å². The molecule has 0 aliphatic carbocycles. The Bertz CT molecular complexity index is 421. The van der Waals surface area contributed by atoms with Gasteiger partial charge in [-0.25, -0.2) is 9.67 Å². The van der Waals surface area contributed by atoms with Crippen LogP contribution in [0.2, 0.25) is 0 Å². The molecule has 1 rings (SSSR count). The number of ether oxygens (including phenoxy) is 2. The first kappa shape index (κ1) is 16.1. The Morgan fingerprint density at radius 2 is 2.10 bits per heavy atom. The maximum absolute atomic E-state index is 12.4. The molecule has 8 heteroatoms. The first-order valence-corrected chi connectivity index (χ1v) is 6.28. The summed E-state index contributed by atoms with van der Waals surface area (Å²) in [5, 5.41) is 3.95. The summed E-state index contributed by atoms with van der Waals surface area (Å²) in [6.45, 7) is 2.82. The molecule has 8 nitrogen and oxygen atoms in total. The third-order valence-corrected chi connectivity index (χ3v) is 2.88. The van der Waals surface area contributed by atoms with Gasteiger partial charge in [0.25, 0.3) is 0 Å². The number of rotatable bonds is 8. The number of carbonyl (C=O) groups is 2. The zero-order valence-electron chi connectivity index (χ0n) is 12.0. The summed E-state index contributed by atoms with van der Waals surface area (Å²) in [4.78, 5) is 28.9. The molecule has 0 aromatic carbocycles. The van der Waals surface area contributed by atoms with Crippen molar-refractivity contribution in [2.24, 2.45) is 0 Å². The lowest BCUT2D eigenvalue weighted by Gasteiger charge is -2.25. The molecular formula is C12H20N4O4. The standard InChI is InChI=1S/C12H20N4O4/c1-10(16-9-13-8-14-16)12(18)15(6-7-19-2)5-4-11(17)20-3/h8-10H,4-7H2,1-3H3. The third kappa shape index (κ3) is 4.61. The van der Waals surface area contributed by atoms with Crippen LogP contribution in [-0.4, -0.2) is 65.5 Å². The number of amides is 1. The second kappa shape index (κ2) is 8.26. The van der Waals surface area contributed by atoms with Crippen LogP contribution in [0.3, 0.4) is 0 Å². The second-order valence-electron chi connectivity index (χ2n) is 4.20. The van der Waals surface area contributed by atoms with Crippen molar-refractivity contribution in [2.45, 2.75) is 19.4 Å². The third-order valence-electron chi connectivity index (χ3n) is 2.88. The lowest BCUT2D eigenvalue weighted by molar-refractivity contribution is -0.142. The van der Waals surface area contributed by atoms with Gasteiger partial charge in [-0.05, 0) is 6.92 Å². The smallest absolute Gasteiger partial charge is 0.307 e. The van der Waals surface area contributed by atoms with Crippen molar-refractivity contribution in [3.05, 3.63) is 12.7 Å². The summed E-state index contributed by atoms with van der Waals surface area (Å²) in [6, 6.07) is -0.480. The monoisotopic (exact) mass is 284 g/mol. The summed E-state index contributed by atoms with van der Waals surface area (Å²) in [7, 11) is 2.88. The second-order valence-corrected chi connectivity index (χ2v) is 4.20. The van der Waals surface area contributed by atoms with Crippen LogP contribution in [0.4, 0.5) is 0 Å². The van der Waals surface area contributed by atoms with Crippen molar-refractivity contribution in [1.82, 2.24) is 19.7 Å². The summed E-state index contributed by atoms with van der Waals surface area (Å²) >= 11 is 0. The van der Waals surface area contributed by atoms with Crippen LogP contribution in [0.15, 0.2) is 12.7 Å². The fourth-order valence-electron chi connectivity index (χ4n) is 1.66. The van der Waals surface area contributed by atoms with Crippen molar-refractivity contribution >= 4 is 11.9 Å². The van der Waals surface area contributed by atoms with Gasteiger partial charge in [-0.2, -0.15) is 5.10 Å². The minimum absolute atomic E-state index is 0.142. The number of methoxy groups -OCH3 is 2. The molecule has 0 radical (unpaired) electrons. The SMILES string of the molecule is COCCN(CCC(=O)OC)C(=O)C(C)n1cncn1. The van der Waals surface area contributed by atoms with Crippen LogP contribution in [-0.2, 0) is 19.1 Å². The molecule has 0 spiro atoms. The number of carbonyl (C=O) groups excluding carboxylic acids is 2. The molecule has 0 N–H and O–H groups in total. The fraction of sp³-hybridized carbons (Fsp3) is 0.667. The van der Waals surface area contributed by atoms with Gasteiger partial charge in [0.15, 0.2) is 0 Å². The Morgan fingerprint density at radius 1 is 1.35 bits per heavy atom. The van der Waals surface area contributed by atoms with E-state index in [2.05, 4.69) is 14.8 Å². The molecule has 1 heterocycles. The van der Waals surface area contributed by atoms with Crippen LogP contribution < -0.4 is 0 Å². The van der Waals surface area contributed by atoms with Gasteiger partial charge < -0.3 is 14.4 Å². The van der Waals surface area contributed by atoms with Gasteiger partial charge >= 0.3 is 5.97 Å². The van der Waals surface area contributed by atoms with E-state index in [-0.39, 0.29) is 24.8 Å². The van der Waals surface area contributed by atoms with Gasteiger partial charge in [0, 0.05) is 20.2 Å². The molecule has 0 saturated carbocycles. The normalized spacial score (nSPS) is 11.9. The van der Waals surface area contributed by atoms with E-state index in [9.17, 15) is 9.59 Å². The van der Waals surface area contributed by atoms with Crippen LogP contribution >= 0.6 is 0 Å². The van der Waals surface area contributed by atoms with Crippen molar-refractivity contribution in [2.75, 3.05) is 33.9 Å². The Hall–Kier alpha value is -1.96. The molecular weight excluding hydrogens is 264 g/mol. The van der Waals surface area contributed by atoms with Crippen LogP contribution in [0.25, 0.3) is 0 Å². The van der Waals surface area contributed by atoms with E-state index in [0.29, 0.717) is 13.2 Å². The summed E-state index contributed by atoms with van der Waals surface area (Å²) in [6.07, 6.45) is 3.01. The highest BCUT2D eigenvalue weighted by atomic mass is 16.5. The van der Waals surface area contributed by atoms with Gasteiger partial charge in [-0.3, -0.25) is 9.59 Å². The highest BCUT2D eigenvalue weighted by Crippen LogP contribution is 2.08. The van der Waals surface area contributed by atoms with E-state index in [1.54, 1.807) is 18.9 Å². The number of hydrogen-bond donors (Lipinski definition) is 0. The lowest BCUT2D eigenvalue weighted by Crippen LogP contribution is -2.40. The lowest BCUT2D eigenvalue weighted by atomic mass is 10.2. The van der Waals surface area contributed by atoms with Gasteiger partial charge in [0.1, 0.15) is 18.7 Å². The molecule has 1 atom stereocenters. The zero-order valence-corrected chi connectivity index (χ0v) is 12.0. The van der Waals surface area contributed by atoms with Gasteiger partial charge in [-0.1, -0.05) is 0 Å². The minimum atomic E-state index is -0.480. The van der Waals surface area contributed by atoms with E-state index in [1.807, 2.05) is 0 Å². The molecule has 20 heavy (non-hydrogen) atoms. The Balaban J connectivity index is 2.65.